The van der Waals surface area contributed by atoms with E-state index < -0.39 is 23.5 Å². The first-order chi connectivity index (χ1) is 15.3. The number of aliphatic carboxylic acids is 1. The molecule has 2 saturated carbocycles. The van der Waals surface area contributed by atoms with Gasteiger partial charge in [0.25, 0.3) is 0 Å². The minimum atomic E-state index is -1.08. The molecule has 1 aromatic carbocycles. The molecule has 1 atom stereocenters. The predicted molar refractivity (Wildman–Crippen MR) is 128 cm³/mol. The summed E-state index contributed by atoms with van der Waals surface area (Å²) in [6.07, 6.45) is 13.8. The Labute approximate surface area is 193 Å². The van der Waals surface area contributed by atoms with E-state index in [1.165, 1.54) is 64.2 Å². The van der Waals surface area contributed by atoms with Crippen LogP contribution in [0.4, 0.5) is 4.79 Å². The lowest BCUT2D eigenvalue weighted by molar-refractivity contribution is -0.142. The summed E-state index contributed by atoms with van der Waals surface area (Å²) in [4.78, 5) is 22.7. The number of rotatable bonds is 6. The smallest absolute Gasteiger partial charge is 0.408 e. The van der Waals surface area contributed by atoms with Gasteiger partial charge in [-0.1, -0.05) is 89.6 Å². The van der Waals surface area contributed by atoms with Crippen molar-refractivity contribution < 1.29 is 19.4 Å². The minimum Gasteiger partial charge on any atom is -0.480 e. The van der Waals surface area contributed by atoms with Gasteiger partial charge in [-0.25, -0.2) is 9.59 Å². The zero-order valence-electron chi connectivity index (χ0n) is 20.1. The van der Waals surface area contributed by atoms with Crippen LogP contribution >= 0.6 is 0 Å². The van der Waals surface area contributed by atoms with E-state index in [1.54, 1.807) is 20.8 Å². The summed E-state index contributed by atoms with van der Waals surface area (Å²) in [6, 6.07) is 9.95. The van der Waals surface area contributed by atoms with Gasteiger partial charge in [0.15, 0.2) is 0 Å². The first-order valence-electron chi connectivity index (χ1n) is 12.2. The summed E-state index contributed by atoms with van der Waals surface area (Å²) < 4.78 is 4.99. The van der Waals surface area contributed by atoms with E-state index in [9.17, 15) is 9.59 Å². The Kier molecular flexibility index (Phi) is 11.0. The van der Waals surface area contributed by atoms with Crippen LogP contribution in [0, 0.1) is 5.41 Å². The van der Waals surface area contributed by atoms with Gasteiger partial charge < -0.3 is 20.5 Å². The molecule has 2 aliphatic rings. The zero-order valence-corrected chi connectivity index (χ0v) is 20.1. The lowest BCUT2D eigenvalue weighted by atomic mass is 9.87. The number of carboxylic acid groups (broad SMARTS) is 1. The highest BCUT2D eigenvalue weighted by molar-refractivity contribution is 5.80. The average Bonchev–Trinajstić information content (AvgIpc) is 2.78. The second-order valence-corrected chi connectivity index (χ2v) is 10.2. The van der Waals surface area contributed by atoms with Crippen molar-refractivity contribution in [1.82, 2.24) is 10.6 Å². The molecule has 1 amide bonds. The van der Waals surface area contributed by atoms with E-state index in [1.807, 2.05) is 30.3 Å². The second kappa shape index (κ2) is 13.5. The summed E-state index contributed by atoms with van der Waals surface area (Å²) in [6.45, 7) is 5.33. The van der Waals surface area contributed by atoms with Crippen molar-refractivity contribution in [2.75, 3.05) is 0 Å². The fourth-order valence-corrected chi connectivity index (χ4v) is 4.40. The van der Waals surface area contributed by atoms with Gasteiger partial charge in [-0.3, -0.25) is 0 Å². The summed E-state index contributed by atoms with van der Waals surface area (Å²) >= 11 is 0. The quantitative estimate of drug-likeness (QED) is 0.525. The van der Waals surface area contributed by atoms with E-state index >= 15 is 0 Å². The molecule has 0 bridgehead atoms. The van der Waals surface area contributed by atoms with Crippen molar-refractivity contribution in [2.24, 2.45) is 5.41 Å². The molecular formula is C26H42N2O4. The van der Waals surface area contributed by atoms with Crippen LogP contribution in [-0.4, -0.2) is 35.3 Å². The van der Waals surface area contributed by atoms with E-state index in [0.717, 1.165) is 17.6 Å². The average molecular weight is 447 g/mol. The lowest BCUT2D eigenvalue weighted by Gasteiger charge is -2.30. The second-order valence-electron chi connectivity index (χ2n) is 10.2. The maximum absolute atomic E-state index is 11.6. The topological polar surface area (TPSA) is 87.7 Å². The summed E-state index contributed by atoms with van der Waals surface area (Å²) in [5, 5.41) is 15.3. The largest absolute Gasteiger partial charge is 0.480 e. The van der Waals surface area contributed by atoms with Gasteiger partial charge in [0, 0.05) is 12.1 Å². The first kappa shape index (κ1) is 26.2. The number of nitrogens with one attached hydrogen (secondary N) is 2. The van der Waals surface area contributed by atoms with Crippen molar-refractivity contribution >= 4 is 12.1 Å². The van der Waals surface area contributed by atoms with E-state index in [-0.39, 0.29) is 6.61 Å². The molecule has 6 nitrogen and oxygen atoms in total. The van der Waals surface area contributed by atoms with E-state index in [0.29, 0.717) is 0 Å². The number of alkyl carbamates (subject to hydrolysis) is 1. The van der Waals surface area contributed by atoms with Crippen molar-refractivity contribution in [2.45, 2.75) is 110 Å². The Morgan fingerprint density at radius 1 is 0.938 bits per heavy atom. The number of carbonyl (C=O) groups is 2. The van der Waals surface area contributed by atoms with Gasteiger partial charge in [-0.05, 0) is 36.7 Å². The van der Waals surface area contributed by atoms with Crippen LogP contribution in [0.25, 0.3) is 0 Å². The Morgan fingerprint density at radius 3 is 1.88 bits per heavy atom. The molecule has 2 fully saturated rings. The minimum absolute atomic E-state index is 0.114. The highest BCUT2D eigenvalue weighted by Crippen LogP contribution is 2.22. The first-order valence-corrected chi connectivity index (χ1v) is 12.2. The molecule has 6 heteroatoms. The van der Waals surface area contributed by atoms with Crippen molar-refractivity contribution in [3.63, 3.8) is 0 Å². The number of amides is 1. The van der Waals surface area contributed by atoms with Gasteiger partial charge in [0.05, 0.1) is 0 Å². The van der Waals surface area contributed by atoms with Crippen LogP contribution < -0.4 is 10.6 Å². The predicted octanol–water partition coefficient (Wildman–Crippen LogP) is 5.65. The van der Waals surface area contributed by atoms with Gasteiger partial charge in [0.1, 0.15) is 12.6 Å². The molecule has 0 radical (unpaired) electrons. The van der Waals surface area contributed by atoms with Gasteiger partial charge in [-0.2, -0.15) is 0 Å². The van der Waals surface area contributed by atoms with Crippen LogP contribution in [0.15, 0.2) is 30.3 Å². The van der Waals surface area contributed by atoms with Gasteiger partial charge in [-0.15, -0.1) is 0 Å². The molecule has 0 aliphatic heterocycles. The molecule has 3 rings (SSSR count). The number of carbonyl (C=O) groups excluding carboxylic acids is 1. The number of hydrogen-bond acceptors (Lipinski definition) is 4. The van der Waals surface area contributed by atoms with Gasteiger partial charge >= 0.3 is 12.1 Å². The number of hydrogen-bond donors (Lipinski definition) is 3. The number of ether oxygens (including phenoxy) is 1. The van der Waals surface area contributed by atoms with Gasteiger partial charge in [0.2, 0.25) is 0 Å². The summed E-state index contributed by atoms with van der Waals surface area (Å²) in [5.74, 6) is -1.08. The Bertz CT molecular complexity index is 659. The van der Waals surface area contributed by atoms with Crippen molar-refractivity contribution in [3.8, 4) is 0 Å². The Morgan fingerprint density at radius 2 is 1.44 bits per heavy atom. The van der Waals surface area contributed by atoms with Crippen LogP contribution in [0.2, 0.25) is 0 Å². The van der Waals surface area contributed by atoms with Crippen LogP contribution in [0.5, 0.6) is 0 Å². The molecule has 0 spiro atoms. The molecule has 0 heterocycles. The van der Waals surface area contributed by atoms with E-state index in [4.69, 9.17) is 9.84 Å². The monoisotopic (exact) mass is 446 g/mol. The molecule has 3 N–H and O–H groups in total. The third-order valence-electron chi connectivity index (χ3n) is 6.27. The zero-order chi connectivity index (χ0) is 23.4. The molecule has 0 unspecified atom stereocenters. The highest BCUT2D eigenvalue weighted by Gasteiger charge is 2.33. The maximum Gasteiger partial charge on any atom is 0.408 e. The highest BCUT2D eigenvalue weighted by atomic mass is 16.5. The Hall–Kier alpha value is -2.08. The van der Waals surface area contributed by atoms with Crippen molar-refractivity contribution in [3.05, 3.63) is 35.9 Å². The molecule has 32 heavy (non-hydrogen) atoms. The summed E-state index contributed by atoms with van der Waals surface area (Å²) in [7, 11) is 0. The normalized spacial score (nSPS) is 18.7. The molecule has 180 valence electrons. The standard InChI is InChI=1S/C14H19NO4.C12H23N/c1-14(2,3)11(12(16)17)15-13(18)19-9-10-7-5-4-6-8-10;1-3-7-11(8-4-1)13-12-9-5-2-6-10-12/h4-8,11H,9H2,1-3H3,(H,15,18)(H,16,17);11-13H,1-10H2/t11-;/m0./s1. The number of benzene rings is 1. The van der Waals surface area contributed by atoms with Crippen LogP contribution in [0.3, 0.4) is 0 Å². The molecule has 0 saturated heterocycles. The van der Waals surface area contributed by atoms with Crippen LogP contribution in [-0.2, 0) is 16.1 Å². The summed E-state index contributed by atoms with van der Waals surface area (Å²) in [5.41, 5.74) is 0.262. The maximum atomic E-state index is 11.6. The third kappa shape index (κ3) is 10.0. The number of carboxylic acids is 1. The third-order valence-corrected chi connectivity index (χ3v) is 6.27. The Balaban J connectivity index is 0.000000242. The fraction of sp³-hybridized carbons (Fsp3) is 0.692. The molecule has 2 aliphatic carbocycles. The van der Waals surface area contributed by atoms with Crippen LogP contribution in [0.1, 0.15) is 90.5 Å². The molecule has 1 aromatic rings. The molecule has 0 aromatic heterocycles. The fourth-order valence-electron chi connectivity index (χ4n) is 4.40. The van der Waals surface area contributed by atoms with Crippen molar-refractivity contribution in [1.29, 1.82) is 0 Å². The van der Waals surface area contributed by atoms with E-state index in [2.05, 4.69) is 10.6 Å². The SMILES string of the molecule is C1CCC(NC2CCCCC2)CC1.CC(C)(C)[C@@H](NC(=O)OCc1ccccc1)C(=O)O. The lowest BCUT2D eigenvalue weighted by Crippen LogP contribution is -2.49. The molecular weight excluding hydrogens is 404 g/mol.